The van der Waals surface area contributed by atoms with Gasteiger partial charge >= 0.3 is 0 Å². The highest BCUT2D eigenvalue weighted by Crippen LogP contribution is 2.32. The second-order valence-corrected chi connectivity index (χ2v) is 5.16. The Morgan fingerprint density at radius 3 is 3.00 bits per heavy atom. The molecule has 0 bridgehead atoms. The Bertz CT molecular complexity index is 416. The van der Waals surface area contributed by atoms with Crippen molar-refractivity contribution in [2.24, 2.45) is 17.6 Å². The van der Waals surface area contributed by atoms with Gasteiger partial charge in [-0.05, 0) is 32.2 Å². The number of carbonyl (C=O) groups is 1. The number of hydrogen-bond acceptors (Lipinski definition) is 4. The van der Waals surface area contributed by atoms with Crippen molar-refractivity contribution in [3.8, 4) is 0 Å². The van der Waals surface area contributed by atoms with Crippen molar-refractivity contribution in [1.82, 2.24) is 10.1 Å². The first-order chi connectivity index (χ1) is 8.61. The van der Waals surface area contributed by atoms with Gasteiger partial charge in [0.25, 0.3) is 0 Å². The van der Waals surface area contributed by atoms with Crippen LogP contribution in [0.4, 0.5) is 0 Å². The predicted molar refractivity (Wildman–Crippen MR) is 67.6 cm³/mol. The van der Waals surface area contributed by atoms with Crippen molar-refractivity contribution in [1.29, 1.82) is 0 Å². The predicted octanol–water partition coefficient (Wildman–Crippen LogP) is 1.32. The number of aromatic nitrogens is 1. The highest BCUT2D eigenvalue weighted by Gasteiger charge is 2.33. The van der Waals surface area contributed by atoms with E-state index in [1.54, 1.807) is 4.90 Å². The summed E-state index contributed by atoms with van der Waals surface area (Å²) in [6.45, 7) is 2.96. The van der Waals surface area contributed by atoms with Gasteiger partial charge in [-0.1, -0.05) is 11.6 Å². The molecule has 1 aromatic heterocycles. The average molecular weight is 251 g/mol. The van der Waals surface area contributed by atoms with Gasteiger partial charge < -0.3 is 15.2 Å². The van der Waals surface area contributed by atoms with Crippen LogP contribution in [0.15, 0.2) is 10.6 Å². The lowest BCUT2D eigenvalue weighted by molar-refractivity contribution is -0.135. The van der Waals surface area contributed by atoms with Crippen LogP contribution < -0.4 is 5.73 Å². The van der Waals surface area contributed by atoms with E-state index in [0.717, 1.165) is 30.7 Å². The summed E-state index contributed by atoms with van der Waals surface area (Å²) in [6.07, 6.45) is 3.14. The smallest absolute Gasteiger partial charge is 0.226 e. The quantitative estimate of drug-likeness (QED) is 0.876. The highest BCUT2D eigenvalue weighted by atomic mass is 16.5. The maximum absolute atomic E-state index is 12.3. The molecule has 2 atom stereocenters. The van der Waals surface area contributed by atoms with E-state index in [2.05, 4.69) is 5.16 Å². The van der Waals surface area contributed by atoms with Crippen LogP contribution in [0.2, 0.25) is 0 Å². The Balaban J connectivity index is 1.96. The van der Waals surface area contributed by atoms with E-state index in [0.29, 0.717) is 19.0 Å². The zero-order valence-electron chi connectivity index (χ0n) is 11.1. The lowest BCUT2D eigenvalue weighted by Gasteiger charge is -2.23. The van der Waals surface area contributed by atoms with Gasteiger partial charge in [0, 0.05) is 19.0 Å². The SMILES string of the molecule is Cc1cc(CN(C)C(=O)C2CCCC2CN)no1. The fourth-order valence-electron chi connectivity index (χ4n) is 2.74. The molecule has 0 aromatic carbocycles. The lowest BCUT2D eigenvalue weighted by Crippen LogP contribution is -2.36. The van der Waals surface area contributed by atoms with Crippen LogP contribution in [0, 0.1) is 18.8 Å². The van der Waals surface area contributed by atoms with Crippen LogP contribution in [0.3, 0.4) is 0 Å². The first kappa shape index (κ1) is 13.1. The third-order valence-corrected chi connectivity index (χ3v) is 3.73. The Morgan fingerprint density at radius 1 is 1.61 bits per heavy atom. The summed E-state index contributed by atoms with van der Waals surface area (Å²) in [4.78, 5) is 14.1. The number of nitrogens with zero attached hydrogens (tertiary/aromatic N) is 2. The van der Waals surface area contributed by atoms with Gasteiger partial charge in [0.05, 0.1) is 6.54 Å². The minimum absolute atomic E-state index is 0.0907. The summed E-state index contributed by atoms with van der Waals surface area (Å²) < 4.78 is 5.00. The van der Waals surface area contributed by atoms with Crippen LogP contribution in [0.25, 0.3) is 0 Å². The van der Waals surface area contributed by atoms with E-state index in [-0.39, 0.29) is 11.8 Å². The first-order valence-electron chi connectivity index (χ1n) is 6.49. The number of hydrogen-bond donors (Lipinski definition) is 1. The molecule has 0 spiro atoms. The molecule has 2 rings (SSSR count). The second kappa shape index (κ2) is 5.52. The zero-order valence-corrected chi connectivity index (χ0v) is 11.1. The van der Waals surface area contributed by atoms with Crippen molar-refractivity contribution in [3.63, 3.8) is 0 Å². The fourth-order valence-corrected chi connectivity index (χ4v) is 2.74. The third-order valence-electron chi connectivity index (χ3n) is 3.73. The molecule has 5 nitrogen and oxygen atoms in total. The van der Waals surface area contributed by atoms with Crippen LogP contribution >= 0.6 is 0 Å². The Morgan fingerprint density at radius 2 is 2.39 bits per heavy atom. The first-order valence-corrected chi connectivity index (χ1v) is 6.49. The normalized spacial score (nSPS) is 23.3. The third kappa shape index (κ3) is 2.72. The summed E-state index contributed by atoms with van der Waals surface area (Å²) in [5, 5.41) is 3.91. The van der Waals surface area contributed by atoms with Crippen LogP contribution in [-0.2, 0) is 11.3 Å². The second-order valence-electron chi connectivity index (χ2n) is 5.16. The molecule has 1 aromatic rings. The van der Waals surface area contributed by atoms with Crippen molar-refractivity contribution >= 4 is 5.91 Å². The van der Waals surface area contributed by atoms with Gasteiger partial charge in [-0.25, -0.2) is 0 Å². The summed E-state index contributed by atoms with van der Waals surface area (Å²) in [7, 11) is 1.82. The Hall–Kier alpha value is -1.36. The largest absolute Gasteiger partial charge is 0.361 e. The molecule has 18 heavy (non-hydrogen) atoms. The lowest BCUT2D eigenvalue weighted by atomic mass is 9.95. The van der Waals surface area contributed by atoms with Gasteiger partial charge in [0.2, 0.25) is 5.91 Å². The summed E-state index contributed by atoms with van der Waals surface area (Å²) in [6, 6.07) is 1.86. The number of amides is 1. The molecule has 1 aliphatic carbocycles. The zero-order chi connectivity index (χ0) is 13.1. The van der Waals surface area contributed by atoms with Crippen molar-refractivity contribution in [2.45, 2.75) is 32.7 Å². The number of aryl methyl sites for hydroxylation is 1. The van der Waals surface area contributed by atoms with Gasteiger partial charge in [-0.15, -0.1) is 0 Å². The van der Waals surface area contributed by atoms with Crippen molar-refractivity contribution in [3.05, 3.63) is 17.5 Å². The summed E-state index contributed by atoms with van der Waals surface area (Å²) in [5.74, 6) is 1.39. The highest BCUT2D eigenvalue weighted by molar-refractivity contribution is 5.79. The molecule has 1 heterocycles. The topological polar surface area (TPSA) is 72.4 Å². The minimum atomic E-state index is 0.0907. The molecule has 0 saturated heterocycles. The van der Waals surface area contributed by atoms with E-state index >= 15 is 0 Å². The van der Waals surface area contributed by atoms with Crippen molar-refractivity contribution < 1.29 is 9.32 Å². The van der Waals surface area contributed by atoms with E-state index in [1.165, 1.54) is 0 Å². The van der Waals surface area contributed by atoms with Gasteiger partial charge in [0.15, 0.2) is 0 Å². The maximum atomic E-state index is 12.3. The summed E-state index contributed by atoms with van der Waals surface area (Å²) >= 11 is 0. The molecular weight excluding hydrogens is 230 g/mol. The molecule has 100 valence electrons. The molecule has 2 unspecified atom stereocenters. The van der Waals surface area contributed by atoms with Crippen molar-refractivity contribution in [2.75, 3.05) is 13.6 Å². The minimum Gasteiger partial charge on any atom is -0.361 e. The van der Waals surface area contributed by atoms with Crippen LogP contribution in [0.1, 0.15) is 30.7 Å². The molecule has 0 aliphatic heterocycles. The molecule has 1 saturated carbocycles. The molecular formula is C13H21N3O2. The molecule has 1 amide bonds. The molecule has 1 aliphatic rings. The maximum Gasteiger partial charge on any atom is 0.226 e. The Kier molecular flexibility index (Phi) is 4.01. The number of rotatable bonds is 4. The standard InChI is InChI=1S/C13H21N3O2/c1-9-6-11(15-18-9)8-16(2)13(17)12-5-3-4-10(12)7-14/h6,10,12H,3-5,7-8,14H2,1-2H3. The van der Waals surface area contributed by atoms with E-state index in [4.69, 9.17) is 10.3 Å². The Labute approximate surface area is 107 Å². The van der Waals surface area contributed by atoms with E-state index in [1.807, 2.05) is 20.0 Å². The number of carbonyl (C=O) groups excluding carboxylic acids is 1. The van der Waals surface area contributed by atoms with E-state index < -0.39 is 0 Å². The van der Waals surface area contributed by atoms with Gasteiger partial charge in [-0.2, -0.15) is 0 Å². The van der Waals surface area contributed by atoms with Crippen LogP contribution in [0.5, 0.6) is 0 Å². The molecule has 2 N–H and O–H groups in total. The molecule has 0 radical (unpaired) electrons. The molecule has 5 heteroatoms. The van der Waals surface area contributed by atoms with Gasteiger partial charge in [-0.3, -0.25) is 4.79 Å². The summed E-state index contributed by atoms with van der Waals surface area (Å²) in [5.41, 5.74) is 6.52. The van der Waals surface area contributed by atoms with Crippen LogP contribution in [-0.4, -0.2) is 29.6 Å². The average Bonchev–Trinajstić information content (AvgIpc) is 2.96. The molecule has 1 fully saturated rings. The number of nitrogens with two attached hydrogens (primary N) is 1. The monoisotopic (exact) mass is 251 g/mol. The van der Waals surface area contributed by atoms with Gasteiger partial charge in [0.1, 0.15) is 11.5 Å². The fraction of sp³-hybridized carbons (Fsp3) is 0.692. The van der Waals surface area contributed by atoms with E-state index in [9.17, 15) is 4.79 Å².